The standard InChI is InChI=1S/C13H24N2O3/c1-9(7-10-5-6-10)14-12(18)15(8-11(16)17)13(2,3)4/h9-10H,5-8H2,1-4H3,(H,14,18)(H,16,17). The van der Waals surface area contributed by atoms with E-state index in [1.54, 1.807) is 0 Å². The van der Waals surface area contributed by atoms with E-state index in [9.17, 15) is 9.59 Å². The van der Waals surface area contributed by atoms with Gasteiger partial charge in [0.05, 0.1) is 0 Å². The van der Waals surface area contributed by atoms with Gasteiger partial charge in [0.25, 0.3) is 0 Å². The van der Waals surface area contributed by atoms with Crippen LogP contribution in [0.3, 0.4) is 0 Å². The summed E-state index contributed by atoms with van der Waals surface area (Å²) in [7, 11) is 0. The number of hydrogen-bond donors (Lipinski definition) is 2. The molecule has 5 heteroatoms. The molecule has 104 valence electrons. The lowest BCUT2D eigenvalue weighted by Gasteiger charge is -2.35. The fraction of sp³-hybridized carbons (Fsp3) is 0.846. The Bertz CT molecular complexity index is 319. The molecule has 1 aliphatic carbocycles. The Morgan fingerprint density at radius 1 is 1.39 bits per heavy atom. The molecule has 0 aliphatic heterocycles. The molecule has 0 spiro atoms. The van der Waals surface area contributed by atoms with Gasteiger partial charge >= 0.3 is 12.0 Å². The van der Waals surface area contributed by atoms with Crippen LogP contribution in [0.15, 0.2) is 0 Å². The largest absolute Gasteiger partial charge is 0.480 e. The second kappa shape index (κ2) is 5.59. The molecular weight excluding hydrogens is 232 g/mol. The third-order valence-corrected chi connectivity index (χ3v) is 3.10. The first-order valence-corrected chi connectivity index (χ1v) is 6.50. The highest BCUT2D eigenvalue weighted by Crippen LogP contribution is 2.33. The van der Waals surface area contributed by atoms with Crippen molar-refractivity contribution in [2.45, 2.75) is 58.5 Å². The predicted octanol–water partition coefficient (Wildman–Crippen LogP) is 2.07. The number of aliphatic carboxylic acids is 1. The molecule has 2 N–H and O–H groups in total. The molecular formula is C13H24N2O3. The van der Waals surface area contributed by atoms with Crippen LogP contribution in [-0.2, 0) is 4.79 Å². The number of hydrogen-bond acceptors (Lipinski definition) is 2. The number of nitrogens with zero attached hydrogens (tertiary/aromatic N) is 1. The number of carbonyl (C=O) groups excluding carboxylic acids is 1. The lowest BCUT2D eigenvalue weighted by molar-refractivity contribution is -0.138. The van der Waals surface area contributed by atoms with Gasteiger partial charge < -0.3 is 15.3 Å². The average molecular weight is 256 g/mol. The van der Waals surface area contributed by atoms with Gasteiger partial charge in [0.15, 0.2) is 0 Å². The minimum atomic E-state index is -0.991. The molecule has 0 radical (unpaired) electrons. The molecule has 5 nitrogen and oxygen atoms in total. The number of carbonyl (C=O) groups is 2. The van der Waals surface area contributed by atoms with Gasteiger partial charge in [0, 0.05) is 11.6 Å². The van der Waals surface area contributed by atoms with E-state index in [4.69, 9.17) is 5.11 Å². The first kappa shape index (κ1) is 14.8. The van der Waals surface area contributed by atoms with Crippen LogP contribution >= 0.6 is 0 Å². The van der Waals surface area contributed by atoms with Crippen molar-refractivity contribution in [1.29, 1.82) is 0 Å². The Hall–Kier alpha value is -1.26. The molecule has 0 bridgehead atoms. The maximum Gasteiger partial charge on any atom is 0.323 e. The van der Waals surface area contributed by atoms with E-state index in [1.807, 2.05) is 27.7 Å². The summed E-state index contributed by atoms with van der Waals surface area (Å²) >= 11 is 0. The maximum absolute atomic E-state index is 12.1. The van der Waals surface area contributed by atoms with Gasteiger partial charge in [-0.25, -0.2) is 4.79 Å². The summed E-state index contributed by atoms with van der Waals surface area (Å²) in [6.07, 6.45) is 3.48. The normalized spacial score (nSPS) is 17.1. The van der Waals surface area contributed by atoms with Crippen molar-refractivity contribution < 1.29 is 14.7 Å². The summed E-state index contributed by atoms with van der Waals surface area (Å²) in [6, 6.07) is -0.193. The Morgan fingerprint density at radius 2 is 1.94 bits per heavy atom. The molecule has 1 aliphatic rings. The van der Waals surface area contributed by atoms with Crippen molar-refractivity contribution in [3.63, 3.8) is 0 Å². The summed E-state index contributed by atoms with van der Waals surface area (Å²) in [5.41, 5.74) is -0.498. The van der Waals surface area contributed by atoms with Crippen molar-refractivity contribution in [2.75, 3.05) is 6.54 Å². The summed E-state index contributed by atoms with van der Waals surface area (Å²) in [4.78, 5) is 24.3. The zero-order valence-corrected chi connectivity index (χ0v) is 11.7. The zero-order chi connectivity index (χ0) is 13.9. The molecule has 1 fully saturated rings. The predicted molar refractivity (Wildman–Crippen MR) is 69.4 cm³/mol. The molecule has 1 rings (SSSR count). The number of amides is 2. The van der Waals surface area contributed by atoms with Crippen LogP contribution < -0.4 is 5.32 Å². The second-order valence-corrected chi connectivity index (χ2v) is 6.18. The van der Waals surface area contributed by atoms with Gasteiger partial charge in [-0.1, -0.05) is 12.8 Å². The molecule has 1 saturated carbocycles. The van der Waals surface area contributed by atoms with E-state index in [1.165, 1.54) is 17.7 Å². The SMILES string of the molecule is CC(CC1CC1)NC(=O)N(CC(=O)O)C(C)(C)C. The van der Waals surface area contributed by atoms with Crippen LogP contribution in [-0.4, -0.2) is 40.1 Å². The van der Waals surface area contributed by atoms with E-state index in [-0.39, 0.29) is 18.6 Å². The quantitative estimate of drug-likeness (QED) is 0.791. The van der Waals surface area contributed by atoms with E-state index in [0.717, 1.165) is 12.3 Å². The highest BCUT2D eigenvalue weighted by molar-refractivity contribution is 5.80. The summed E-state index contributed by atoms with van der Waals surface area (Å²) in [5.74, 6) is -0.252. The number of carboxylic acids is 1. The Morgan fingerprint density at radius 3 is 2.33 bits per heavy atom. The Kier molecular flexibility index (Phi) is 4.59. The number of carboxylic acid groups (broad SMARTS) is 1. The van der Waals surface area contributed by atoms with E-state index < -0.39 is 11.5 Å². The topological polar surface area (TPSA) is 69.6 Å². The van der Waals surface area contributed by atoms with Crippen molar-refractivity contribution in [3.8, 4) is 0 Å². The van der Waals surface area contributed by atoms with Gasteiger partial charge in [0.2, 0.25) is 0 Å². The number of urea groups is 1. The molecule has 0 aromatic heterocycles. The van der Waals surface area contributed by atoms with Gasteiger partial charge in [-0.05, 0) is 40.0 Å². The summed E-state index contributed by atoms with van der Waals surface area (Å²) < 4.78 is 0. The average Bonchev–Trinajstić information content (AvgIpc) is 2.95. The lowest BCUT2D eigenvalue weighted by atomic mass is 10.1. The molecule has 0 heterocycles. The van der Waals surface area contributed by atoms with Crippen LogP contribution in [0.2, 0.25) is 0 Å². The zero-order valence-electron chi connectivity index (χ0n) is 11.7. The van der Waals surface area contributed by atoms with Crippen LogP contribution in [0.4, 0.5) is 4.79 Å². The fourth-order valence-corrected chi connectivity index (χ4v) is 1.95. The smallest absolute Gasteiger partial charge is 0.323 e. The van der Waals surface area contributed by atoms with Crippen molar-refractivity contribution in [1.82, 2.24) is 10.2 Å². The van der Waals surface area contributed by atoms with E-state index in [2.05, 4.69) is 5.32 Å². The van der Waals surface area contributed by atoms with Crippen LogP contribution in [0.25, 0.3) is 0 Å². The van der Waals surface area contributed by atoms with Crippen molar-refractivity contribution in [2.24, 2.45) is 5.92 Å². The number of rotatable bonds is 5. The Balaban J connectivity index is 2.54. The van der Waals surface area contributed by atoms with Gasteiger partial charge in [-0.15, -0.1) is 0 Å². The van der Waals surface area contributed by atoms with Crippen molar-refractivity contribution >= 4 is 12.0 Å². The molecule has 0 saturated heterocycles. The summed E-state index contributed by atoms with van der Waals surface area (Å²) in [6.45, 7) is 7.20. The summed E-state index contributed by atoms with van der Waals surface area (Å²) in [5, 5.41) is 11.8. The van der Waals surface area contributed by atoms with Crippen LogP contribution in [0, 0.1) is 5.92 Å². The van der Waals surface area contributed by atoms with E-state index >= 15 is 0 Å². The molecule has 0 aromatic rings. The second-order valence-electron chi connectivity index (χ2n) is 6.18. The molecule has 1 unspecified atom stereocenters. The van der Waals surface area contributed by atoms with Crippen LogP contribution in [0.5, 0.6) is 0 Å². The van der Waals surface area contributed by atoms with Gasteiger partial charge in [0.1, 0.15) is 6.54 Å². The molecule has 2 amide bonds. The molecule has 0 aromatic carbocycles. The highest BCUT2D eigenvalue weighted by Gasteiger charge is 2.30. The molecule has 18 heavy (non-hydrogen) atoms. The first-order valence-electron chi connectivity index (χ1n) is 6.50. The van der Waals surface area contributed by atoms with E-state index in [0.29, 0.717) is 0 Å². The lowest BCUT2D eigenvalue weighted by Crippen LogP contribution is -2.54. The van der Waals surface area contributed by atoms with Crippen molar-refractivity contribution in [3.05, 3.63) is 0 Å². The molecule has 1 atom stereocenters. The Labute approximate surface area is 109 Å². The monoisotopic (exact) mass is 256 g/mol. The minimum absolute atomic E-state index is 0.101. The van der Waals surface area contributed by atoms with Gasteiger partial charge in [-0.3, -0.25) is 4.79 Å². The van der Waals surface area contributed by atoms with Gasteiger partial charge in [-0.2, -0.15) is 0 Å². The third-order valence-electron chi connectivity index (χ3n) is 3.10. The maximum atomic E-state index is 12.1. The highest BCUT2D eigenvalue weighted by atomic mass is 16.4. The third kappa shape index (κ3) is 4.94. The fourth-order valence-electron chi connectivity index (χ4n) is 1.95. The number of nitrogens with one attached hydrogen (secondary N) is 1. The minimum Gasteiger partial charge on any atom is -0.480 e. The first-order chi connectivity index (χ1) is 8.20. The van der Waals surface area contributed by atoms with Crippen LogP contribution in [0.1, 0.15) is 47.0 Å².